The molecule has 0 aromatic heterocycles. The van der Waals surface area contributed by atoms with Gasteiger partial charge in [-0.2, -0.15) is 0 Å². The normalized spacial score (nSPS) is 14.9. The molecule has 1 heterocycles. The summed E-state index contributed by atoms with van der Waals surface area (Å²) >= 11 is 0. The first-order valence-corrected chi connectivity index (χ1v) is 11.9. The first kappa shape index (κ1) is 23.9. The zero-order valence-corrected chi connectivity index (χ0v) is 20.0. The van der Waals surface area contributed by atoms with Crippen molar-refractivity contribution in [3.05, 3.63) is 108 Å². The van der Waals surface area contributed by atoms with Crippen molar-refractivity contribution >= 4 is 39.9 Å². The lowest BCUT2D eigenvalue weighted by Gasteiger charge is -2.21. The molecule has 0 spiro atoms. The van der Waals surface area contributed by atoms with Crippen LogP contribution in [-0.2, 0) is 14.3 Å². The fourth-order valence-corrected chi connectivity index (χ4v) is 4.51. The van der Waals surface area contributed by atoms with E-state index in [9.17, 15) is 19.2 Å². The van der Waals surface area contributed by atoms with Crippen LogP contribution in [0.4, 0.5) is 5.69 Å². The van der Waals surface area contributed by atoms with E-state index >= 15 is 0 Å². The first-order valence-electron chi connectivity index (χ1n) is 11.9. The highest BCUT2D eigenvalue weighted by Gasteiger charge is 2.46. The van der Waals surface area contributed by atoms with Crippen molar-refractivity contribution in [2.75, 3.05) is 11.9 Å². The van der Waals surface area contributed by atoms with Crippen LogP contribution in [0.2, 0.25) is 0 Å². The molecule has 4 aromatic rings. The Hall–Kier alpha value is -4.78. The smallest absolute Gasteiger partial charge is 0.339 e. The maximum atomic E-state index is 13.8. The minimum absolute atomic E-state index is 0.236. The van der Waals surface area contributed by atoms with Crippen molar-refractivity contribution in [2.24, 2.45) is 5.92 Å². The van der Waals surface area contributed by atoms with Crippen molar-refractivity contribution in [1.29, 1.82) is 0 Å². The quantitative estimate of drug-likeness (QED) is 0.158. The predicted octanol–water partition coefficient (Wildman–Crippen LogP) is 5.16. The minimum atomic E-state index is -1.58. The molecule has 1 aliphatic heterocycles. The molecular formula is C30H23NO6. The van der Waals surface area contributed by atoms with Crippen LogP contribution in [0.15, 0.2) is 91.0 Å². The van der Waals surface area contributed by atoms with Gasteiger partial charge in [0.15, 0.2) is 5.78 Å². The first-order chi connectivity index (χ1) is 18.0. The van der Waals surface area contributed by atoms with Gasteiger partial charge in [0.1, 0.15) is 17.8 Å². The number of ketones is 2. The molecule has 1 aliphatic rings. The van der Waals surface area contributed by atoms with Gasteiger partial charge in [-0.05, 0) is 42.0 Å². The molecule has 0 bridgehead atoms. The number of Topliss-reactive ketones (excluding diaryl/α,β-unsaturated/α-hetero) is 2. The third kappa shape index (κ3) is 4.59. The molecular weight excluding hydrogens is 470 g/mol. The van der Waals surface area contributed by atoms with Crippen LogP contribution in [-0.4, -0.2) is 30.0 Å². The van der Waals surface area contributed by atoms with E-state index in [4.69, 9.17) is 9.47 Å². The lowest BCUT2D eigenvalue weighted by atomic mass is 9.84. The summed E-state index contributed by atoms with van der Waals surface area (Å²) < 4.78 is 11.1. The Morgan fingerprint density at radius 2 is 1.59 bits per heavy atom. The molecule has 0 aliphatic carbocycles. The van der Waals surface area contributed by atoms with Crippen molar-refractivity contribution in [2.45, 2.75) is 13.0 Å². The van der Waals surface area contributed by atoms with Gasteiger partial charge in [-0.1, -0.05) is 66.7 Å². The summed E-state index contributed by atoms with van der Waals surface area (Å²) in [6.07, 6.45) is -1.23. The summed E-state index contributed by atoms with van der Waals surface area (Å²) in [5.74, 6) is -4.47. The highest BCUT2D eigenvalue weighted by molar-refractivity contribution is 6.45. The number of carbonyl (C=O) groups is 4. The van der Waals surface area contributed by atoms with E-state index in [0.29, 0.717) is 23.6 Å². The van der Waals surface area contributed by atoms with E-state index in [-0.39, 0.29) is 11.1 Å². The molecule has 184 valence electrons. The van der Waals surface area contributed by atoms with Crippen molar-refractivity contribution < 1.29 is 28.7 Å². The van der Waals surface area contributed by atoms with E-state index in [1.807, 2.05) is 24.3 Å². The topological polar surface area (TPSA) is 98.8 Å². The SMILES string of the molecule is CCOc1ccccc1NC(=O)C(=O)[C@H](C(=O)c1ccc2ccccc2c1)[C@H]1OC(=O)c2ccccc21. The van der Waals surface area contributed by atoms with Crippen LogP contribution >= 0.6 is 0 Å². The maximum Gasteiger partial charge on any atom is 0.339 e. The van der Waals surface area contributed by atoms with E-state index in [0.717, 1.165) is 10.8 Å². The van der Waals surface area contributed by atoms with Gasteiger partial charge in [-0.15, -0.1) is 0 Å². The molecule has 1 N–H and O–H groups in total. The number of esters is 1. The Kier molecular flexibility index (Phi) is 6.51. The Morgan fingerprint density at radius 3 is 2.41 bits per heavy atom. The number of fused-ring (bicyclic) bond motifs is 2. The van der Waals surface area contributed by atoms with E-state index in [1.54, 1.807) is 73.7 Å². The highest BCUT2D eigenvalue weighted by atomic mass is 16.5. The molecule has 1 amide bonds. The Morgan fingerprint density at radius 1 is 0.892 bits per heavy atom. The van der Waals surface area contributed by atoms with E-state index in [1.165, 1.54) is 0 Å². The number of cyclic esters (lactones) is 1. The van der Waals surface area contributed by atoms with Crippen molar-refractivity contribution in [3.63, 3.8) is 0 Å². The number of carbonyl (C=O) groups excluding carboxylic acids is 4. The summed E-state index contributed by atoms with van der Waals surface area (Å²) in [4.78, 5) is 53.2. The maximum absolute atomic E-state index is 13.8. The molecule has 0 radical (unpaired) electrons. The summed E-state index contributed by atoms with van der Waals surface area (Å²) in [5.41, 5.74) is 1.18. The number of rotatable bonds is 8. The molecule has 0 saturated carbocycles. The van der Waals surface area contributed by atoms with Crippen molar-refractivity contribution in [1.82, 2.24) is 0 Å². The monoisotopic (exact) mass is 493 g/mol. The largest absolute Gasteiger partial charge is 0.492 e. The number of ether oxygens (including phenoxy) is 2. The van der Waals surface area contributed by atoms with Gasteiger partial charge in [-0.3, -0.25) is 14.4 Å². The van der Waals surface area contributed by atoms with E-state index in [2.05, 4.69) is 5.32 Å². The average molecular weight is 494 g/mol. The molecule has 5 rings (SSSR count). The fraction of sp³-hybridized carbons (Fsp3) is 0.133. The Bertz CT molecular complexity index is 1540. The fourth-order valence-electron chi connectivity index (χ4n) is 4.51. The average Bonchev–Trinajstić information content (AvgIpc) is 3.25. The highest BCUT2D eigenvalue weighted by Crippen LogP contribution is 2.38. The Balaban J connectivity index is 1.53. The number of hydrogen-bond donors (Lipinski definition) is 1. The number of nitrogens with one attached hydrogen (secondary N) is 1. The second kappa shape index (κ2) is 10.1. The lowest BCUT2D eigenvalue weighted by molar-refractivity contribution is -0.138. The van der Waals surface area contributed by atoms with Crippen LogP contribution < -0.4 is 10.1 Å². The Labute approximate surface area is 213 Å². The summed E-state index contributed by atoms with van der Waals surface area (Å²) in [7, 11) is 0. The van der Waals surface area contributed by atoms with Gasteiger partial charge in [0, 0.05) is 11.1 Å². The number of anilines is 1. The zero-order chi connectivity index (χ0) is 25.9. The van der Waals surface area contributed by atoms with Crippen molar-refractivity contribution in [3.8, 4) is 5.75 Å². The molecule has 7 heteroatoms. The van der Waals surface area contributed by atoms with Gasteiger partial charge in [0.25, 0.3) is 5.91 Å². The van der Waals surface area contributed by atoms with E-state index < -0.39 is 35.5 Å². The summed E-state index contributed by atoms with van der Waals surface area (Å²) in [6, 6.07) is 25.8. The van der Waals surface area contributed by atoms with Crippen LogP contribution in [0, 0.1) is 5.92 Å². The van der Waals surface area contributed by atoms with Gasteiger partial charge in [0.2, 0.25) is 5.78 Å². The summed E-state index contributed by atoms with van der Waals surface area (Å²) in [6.45, 7) is 2.16. The summed E-state index contributed by atoms with van der Waals surface area (Å²) in [5, 5.41) is 4.29. The standard InChI is InChI=1S/C30H23NO6/c1-2-36-24-14-8-7-13-23(24)31-29(34)27(33)25(28-21-11-5-6-12-22(21)30(35)37-28)26(32)20-16-15-18-9-3-4-10-19(18)17-20/h3-17,25,28H,2H2,1H3,(H,31,34)/t25-,28-/m0/s1. The van der Waals surface area contributed by atoms with Gasteiger partial charge < -0.3 is 14.8 Å². The number of benzene rings is 4. The lowest BCUT2D eigenvalue weighted by Crippen LogP contribution is -2.38. The molecule has 0 saturated heterocycles. The van der Waals surface area contributed by atoms with Gasteiger partial charge in [-0.25, -0.2) is 4.79 Å². The number of para-hydroxylation sites is 2. The predicted molar refractivity (Wildman–Crippen MR) is 138 cm³/mol. The minimum Gasteiger partial charge on any atom is -0.492 e. The van der Waals surface area contributed by atoms with Crippen LogP contribution in [0.25, 0.3) is 10.8 Å². The second-order valence-corrected chi connectivity index (χ2v) is 8.56. The molecule has 7 nitrogen and oxygen atoms in total. The van der Waals surface area contributed by atoms with Crippen LogP contribution in [0.3, 0.4) is 0 Å². The second-order valence-electron chi connectivity index (χ2n) is 8.56. The van der Waals surface area contributed by atoms with Crippen LogP contribution in [0.5, 0.6) is 5.75 Å². The molecule has 2 atom stereocenters. The molecule has 0 unspecified atom stereocenters. The molecule has 37 heavy (non-hydrogen) atoms. The third-order valence-electron chi connectivity index (χ3n) is 6.28. The molecule has 0 fully saturated rings. The zero-order valence-electron chi connectivity index (χ0n) is 20.0. The third-order valence-corrected chi connectivity index (χ3v) is 6.28. The van der Waals surface area contributed by atoms with Gasteiger partial charge >= 0.3 is 5.97 Å². The molecule has 4 aromatic carbocycles. The van der Waals surface area contributed by atoms with Crippen LogP contribution in [0.1, 0.15) is 39.3 Å². The van der Waals surface area contributed by atoms with Gasteiger partial charge in [0.05, 0.1) is 17.9 Å². The number of amides is 1. The number of hydrogen-bond acceptors (Lipinski definition) is 6.